The van der Waals surface area contributed by atoms with Gasteiger partial charge in [-0.1, -0.05) is 12.8 Å². The van der Waals surface area contributed by atoms with Crippen LogP contribution >= 0.6 is 0 Å². The molecule has 1 fully saturated rings. The summed E-state index contributed by atoms with van der Waals surface area (Å²) < 4.78 is 0. The molecule has 1 saturated carbocycles. The molecule has 98 valence electrons. The highest BCUT2D eigenvalue weighted by Crippen LogP contribution is 2.24. The van der Waals surface area contributed by atoms with Crippen LogP contribution in [-0.4, -0.2) is 31.4 Å². The highest BCUT2D eigenvalue weighted by molar-refractivity contribution is 5.80. The molecule has 0 heterocycles. The summed E-state index contributed by atoms with van der Waals surface area (Å²) in [6.45, 7) is 0.831. The van der Waals surface area contributed by atoms with Gasteiger partial charge in [0.25, 0.3) is 0 Å². The summed E-state index contributed by atoms with van der Waals surface area (Å²) in [5, 5.41) is 5.94. The summed E-state index contributed by atoms with van der Waals surface area (Å²) in [4.78, 5) is 22.9. The van der Waals surface area contributed by atoms with Crippen LogP contribution in [0.15, 0.2) is 0 Å². The van der Waals surface area contributed by atoms with E-state index < -0.39 is 0 Å². The number of carbonyl (C=O) groups is 2. The van der Waals surface area contributed by atoms with Crippen molar-refractivity contribution in [2.24, 2.45) is 11.7 Å². The fourth-order valence-electron chi connectivity index (χ4n) is 2.35. The number of hydrogen-bond acceptors (Lipinski definition) is 3. The lowest BCUT2D eigenvalue weighted by Gasteiger charge is -2.30. The predicted molar refractivity (Wildman–Crippen MR) is 66.2 cm³/mol. The van der Waals surface area contributed by atoms with Gasteiger partial charge in [0, 0.05) is 12.5 Å². The van der Waals surface area contributed by atoms with E-state index in [1.807, 2.05) is 7.05 Å². The van der Waals surface area contributed by atoms with Crippen molar-refractivity contribution in [2.75, 3.05) is 13.6 Å². The highest BCUT2D eigenvalue weighted by Gasteiger charge is 2.30. The second-order valence-electron chi connectivity index (χ2n) is 4.67. The van der Waals surface area contributed by atoms with E-state index in [1.165, 1.54) is 0 Å². The van der Waals surface area contributed by atoms with Gasteiger partial charge in [-0.05, 0) is 32.9 Å². The van der Waals surface area contributed by atoms with Crippen molar-refractivity contribution in [3.63, 3.8) is 0 Å². The van der Waals surface area contributed by atoms with Crippen LogP contribution < -0.4 is 16.4 Å². The Labute approximate surface area is 103 Å². The molecule has 0 aromatic rings. The third-order valence-electron chi connectivity index (χ3n) is 3.31. The molecule has 0 aromatic heterocycles. The molecule has 1 aliphatic rings. The molecule has 5 nitrogen and oxygen atoms in total. The molecule has 0 spiro atoms. The average Bonchev–Trinajstić information content (AvgIpc) is 2.29. The third kappa shape index (κ3) is 4.73. The summed E-state index contributed by atoms with van der Waals surface area (Å²) in [6.07, 6.45) is 5.08. The van der Waals surface area contributed by atoms with E-state index >= 15 is 0 Å². The van der Waals surface area contributed by atoms with Crippen LogP contribution in [0.4, 0.5) is 0 Å². The monoisotopic (exact) mass is 241 g/mol. The maximum atomic E-state index is 11.7. The van der Waals surface area contributed by atoms with Crippen LogP contribution in [0.3, 0.4) is 0 Å². The van der Waals surface area contributed by atoms with Crippen molar-refractivity contribution in [1.82, 2.24) is 10.6 Å². The first-order valence-electron chi connectivity index (χ1n) is 6.38. The smallest absolute Gasteiger partial charge is 0.222 e. The Balaban J connectivity index is 2.36. The Morgan fingerprint density at radius 2 is 2.00 bits per heavy atom. The summed E-state index contributed by atoms with van der Waals surface area (Å²) in [5.41, 5.74) is 5.35. The third-order valence-corrected chi connectivity index (χ3v) is 3.31. The number of hydrogen-bond donors (Lipinski definition) is 3. The van der Waals surface area contributed by atoms with Crippen molar-refractivity contribution >= 4 is 11.8 Å². The van der Waals surface area contributed by atoms with Gasteiger partial charge in [-0.2, -0.15) is 0 Å². The summed E-state index contributed by atoms with van der Waals surface area (Å²) in [6, 6.07) is -0.0525. The Kier molecular flexibility index (Phi) is 5.97. The lowest BCUT2D eigenvalue weighted by atomic mass is 9.84. The standard InChI is InChI=1S/C12H23N3O2/c1-14-8-4-7-11(16)15-10-6-3-2-5-9(10)12(13)17/h9-10,14H,2-8H2,1H3,(H2,13,17)(H,15,16). The van der Waals surface area contributed by atoms with Gasteiger partial charge in [-0.25, -0.2) is 0 Å². The number of nitrogens with two attached hydrogens (primary N) is 1. The molecule has 0 radical (unpaired) electrons. The summed E-state index contributed by atoms with van der Waals surface area (Å²) >= 11 is 0. The lowest BCUT2D eigenvalue weighted by molar-refractivity contribution is -0.126. The number of rotatable bonds is 6. The molecule has 17 heavy (non-hydrogen) atoms. The van der Waals surface area contributed by atoms with Gasteiger partial charge in [0.05, 0.1) is 5.92 Å². The molecular formula is C12H23N3O2. The number of carbonyl (C=O) groups excluding carboxylic acids is 2. The number of amides is 2. The minimum atomic E-state index is -0.287. The predicted octanol–water partition coefficient (Wildman–Crippen LogP) is 0.146. The first kappa shape index (κ1) is 14.0. The van der Waals surface area contributed by atoms with Crippen LogP contribution in [0.25, 0.3) is 0 Å². The molecule has 1 aliphatic carbocycles. The topological polar surface area (TPSA) is 84.2 Å². The zero-order chi connectivity index (χ0) is 12.7. The molecule has 0 bridgehead atoms. The molecule has 1 rings (SSSR count). The Hall–Kier alpha value is -1.10. The largest absolute Gasteiger partial charge is 0.369 e. The van der Waals surface area contributed by atoms with E-state index in [9.17, 15) is 9.59 Å². The molecule has 2 unspecified atom stereocenters. The summed E-state index contributed by atoms with van der Waals surface area (Å²) in [7, 11) is 1.86. The number of nitrogens with one attached hydrogen (secondary N) is 2. The fraction of sp³-hybridized carbons (Fsp3) is 0.833. The van der Waals surface area contributed by atoms with Gasteiger partial charge >= 0.3 is 0 Å². The van der Waals surface area contributed by atoms with E-state index in [2.05, 4.69) is 10.6 Å². The van der Waals surface area contributed by atoms with Gasteiger partial charge in [0.2, 0.25) is 11.8 Å². The van der Waals surface area contributed by atoms with Crippen LogP contribution in [0.1, 0.15) is 38.5 Å². The van der Waals surface area contributed by atoms with E-state index in [0.29, 0.717) is 6.42 Å². The second kappa shape index (κ2) is 7.27. The van der Waals surface area contributed by atoms with E-state index in [4.69, 9.17) is 5.73 Å². The van der Waals surface area contributed by atoms with E-state index in [-0.39, 0.29) is 23.8 Å². The fourth-order valence-corrected chi connectivity index (χ4v) is 2.35. The Morgan fingerprint density at radius 1 is 1.29 bits per heavy atom. The molecule has 0 aromatic carbocycles. The van der Waals surface area contributed by atoms with E-state index in [0.717, 1.165) is 38.6 Å². The van der Waals surface area contributed by atoms with Crippen molar-refractivity contribution < 1.29 is 9.59 Å². The van der Waals surface area contributed by atoms with Crippen LogP contribution in [-0.2, 0) is 9.59 Å². The minimum absolute atomic E-state index is 0.0263. The van der Waals surface area contributed by atoms with Gasteiger partial charge < -0.3 is 16.4 Å². The van der Waals surface area contributed by atoms with Gasteiger partial charge in [0.15, 0.2) is 0 Å². The van der Waals surface area contributed by atoms with Crippen molar-refractivity contribution in [1.29, 1.82) is 0 Å². The molecule has 5 heteroatoms. The average molecular weight is 241 g/mol. The van der Waals surface area contributed by atoms with E-state index in [1.54, 1.807) is 0 Å². The second-order valence-corrected chi connectivity index (χ2v) is 4.67. The Bertz CT molecular complexity index is 268. The summed E-state index contributed by atoms with van der Waals surface area (Å²) in [5.74, 6) is -0.444. The van der Waals surface area contributed by atoms with Gasteiger partial charge in [-0.3, -0.25) is 9.59 Å². The zero-order valence-corrected chi connectivity index (χ0v) is 10.5. The minimum Gasteiger partial charge on any atom is -0.369 e. The zero-order valence-electron chi connectivity index (χ0n) is 10.5. The quantitative estimate of drug-likeness (QED) is 0.579. The molecule has 0 aliphatic heterocycles. The van der Waals surface area contributed by atoms with Crippen molar-refractivity contribution in [3.05, 3.63) is 0 Å². The van der Waals surface area contributed by atoms with Crippen molar-refractivity contribution in [2.45, 2.75) is 44.6 Å². The molecule has 0 saturated heterocycles. The van der Waals surface area contributed by atoms with Crippen LogP contribution in [0, 0.1) is 5.92 Å². The first-order chi connectivity index (χ1) is 8.15. The van der Waals surface area contributed by atoms with Gasteiger partial charge in [-0.15, -0.1) is 0 Å². The number of primary amides is 1. The molecular weight excluding hydrogens is 218 g/mol. The normalized spacial score (nSPS) is 24.3. The lowest BCUT2D eigenvalue weighted by Crippen LogP contribution is -2.47. The van der Waals surface area contributed by atoms with Crippen LogP contribution in [0.5, 0.6) is 0 Å². The molecule has 2 amide bonds. The Morgan fingerprint density at radius 3 is 2.65 bits per heavy atom. The first-order valence-corrected chi connectivity index (χ1v) is 6.38. The maximum absolute atomic E-state index is 11.7. The highest BCUT2D eigenvalue weighted by atomic mass is 16.2. The SMILES string of the molecule is CNCCCC(=O)NC1CCCCC1C(N)=O. The van der Waals surface area contributed by atoms with Crippen LogP contribution in [0.2, 0.25) is 0 Å². The van der Waals surface area contributed by atoms with Gasteiger partial charge in [0.1, 0.15) is 0 Å². The van der Waals surface area contributed by atoms with Crippen molar-refractivity contribution in [3.8, 4) is 0 Å². The maximum Gasteiger partial charge on any atom is 0.222 e. The molecule has 2 atom stereocenters. The molecule has 4 N–H and O–H groups in total.